The molecular formula is C21H33ClN2O2. The number of likely N-dealkylation sites (tertiary alicyclic amines) is 1. The molecule has 1 aromatic rings. The fourth-order valence-electron chi connectivity index (χ4n) is 4.04. The first-order valence-corrected chi connectivity index (χ1v) is 9.72. The zero-order chi connectivity index (χ0) is 17.9. The van der Waals surface area contributed by atoms with Gasteiger partial charge in [0.2, 0.25) is 0 Å². The maximum Gasteiger partial charge on any atom is 0.254 e. The van der Waals surface area contributed by atoms with Crippen molar-refractivity contribution in [2.45, 2.75) is 51.7 Å². The normalized spacial score (nSPS) is 23.1. The summed E-state index contributed by atoms with van der Waals surface area (Å²) in [7, 11) is 0. The second-order valence-corrected chi connectivity index (χ2v) is 8.19. The highest BCUT2D eigenvalue weighted by Gasteiger charge is 2.43. The summed E-state index contributed by atoms with van der Waals surface area (Å²) < 4.78 is 6.38. The number of nitrogens with zero attached hydrogens (tertiary/aromatic N) is 2. The van der Waals surface area contributed by atoms with Crippen LogP contribution >= 0.6 is 12.4 Å². The molecule has 146 valence electrons. The molecule has 2 aliphatic rings. The third kappa shape index (κ3) is 5.21. The first-order valence-electron chi connectivity index (χ1n) is 9.72. The molecule has 0 aromatic heterocycles. The Morgan fingerprint density at radius 1 is 1.23 bits per heavy atom. The van der Waals surface area contributed by atoms with Gasteiger partial charge in [-0.05, 0) is 50.8 Å². The zero-order valence-corrected chi connectivity index (χ0v) is 17.1. The second kappa shape index (κ2) is 9.20. The summed E-state index contributed by atoms with van der Waals surface area (Å²) in [5.74, 6) is 0.887. The standard InChI is InChI=1S/C21H32N2O2.ClH/c1-17(2)9-12-22-13-10-21(11-14-22)16-23(15-18(3)25-21)20(24)19-7-5-4-6-8-19;/h4-8,17-18H,9-16H2,1-3H3;1H. The van der Waals surface area contributed by atoms with Crippen LogP contribution in [0.2, 0.25) is 0 Å². The van der Waals surface area contributed by atoms with Crippen molar-refractivity contribution in [2.24, 2.45) is 5.92 Å². The molecule has 2 aliphatic heterocycles. The lowest BCUT2D eigenvalue weighted by molar-refractivity contribution is -0.161. The molecule has 1 atom stereocenters. The summed E-state index contributed by atoms with van der Waals surface area (Å²) in [6, 6.07) is 9.63. The van der Waals surface area contributed by atoms with Crippen molar-refractivity contribution >= 4 is 18.3 Å². The number of hydrogen-bond donors (Lipinski definition) is 0. The molecule has 0 saturated carbocycles. The summed E-state index contributed by atoms with van der Waals surface area (Å²) in [6.07, 6.45) is 3.40. The second-order valence-electron chi connectivity index (χ2n) is 8.19. The van der Waals surface area contributed by atoms with Gasteiger partial charge in [-0.15, -0.1) is 12.4 Å². The number of rotatable bonds is 4. The minimum Gasteiger partial charge on any atom is -0.368 e. The van der Waals surface area contributed by atoms with Crippen LogP contribution in [0.3, 0.4) is 0 Å². The number of morpholine rings is 1. The van der Waals surface area contributed by atoms with Crippen molar-refractivity contribution in [1.82, 2.24) is 9.80 Å². The first-order chi connectivity index (χ1) is 12.0. The number of benzene rings is 1. The van der Waals surface area contributed by atoms with Gasteiger partial charge in [-0.25, -0.2) is 0 Å². The Balaban J connectivity index is 0.00000243. The molecule has 2 saturated heterocycles. The van der Waals surface area contributed by atoms with Crippen LogP contribution in [0.1, 0.15) is 50.4 Å². The number of halogens is 1. The van der Waals surface area contributed by atoms with Gasteiger partial charge < -0.3 is 14.5 Å². The maximum atomic E-state index is 12.9. The van der Waals surface area contributed by atoms with Crippen LogP contribution in [0.4, 0.5) is 0 Å². The van der Waals surface area contributed by atoms with E-state index in [2.05, 4.69) is 25.7 Å². The zero-order valence-electron chi connectivity index (χ0n) is 16.3. The molecule has 1 amide bonds. The van der Waals surface area contributed by atoms with Crippen LogP contribution in [0.5, 0.6) is 0 Å². The van der Waals surface area contributed by atoms with Crippen LogP contribution < -0.4 is 0 Å². The third-order valence-corrected chi connectivity index (χ3v) is 5.51. The molecule has 1 aromatic carbocycles. The van der Waals surface area contributed by atoms with E-state index >= 15 is 0 Å². The Labute approximate surface area is 164 Å². The quantitative estimate of drug-likeness (QED) is 0.795. The van der Waals surface area contributed by atoms with Crippen LogP contribution in [-0.4, -0.2) is 60.1 Å². The van der Waals surface area contributed by atoms with Gasteiger partial charge in [-0.1, -0.05) is 32.0 Å². The van der Waals surface area contributed by atoms with E-state index in [0.29, 0.717) is 6.54 Å². The van der Waals surface area contributed by atoms with E-state index in [1.54, 1.807) is 0 Å². The molecule has 3 rings (SSSR count). The first kappa shape index (κ1) is 21.2. The average molecular weight is 381 g/mol. The Morgan fingerprint density at radius 3 is 2.50 bits per heavy atom. The summed E-state index contributed by atoms with van der Waals surface area (Å²) in [5.41, 5.74) is 0.623. The predicted octanol–water partition coefficient (Wildman–Crippen LogP) is 3.85. The van der Waals surface area contributed by atoms with Crippen LogP contribution in [-0.2, 0) is 4.74 Å². The van der Waals surface area contributed by atoms with Crippen LogP contribution in [0, 0.1) is 5.92 Å². The molecule has 0 radical (unpaired) electrons. The van der Waals surface area contributed by atoms with E-state index in [1.165, 1.54) is 13.0 Å². The van der Waals surface area contributed by atoms with Crippen molar-refractivity contribution in [2.75, 3.05) is 32.7 Å². The van der Waals surface area contributed by atoms with Gasteiger partial charge in [0.25, 0.3) is 5.91 Å². The monoisotopic (exact) mass is 380 g/mol. The van der Waals surface area contributed by atoms with E-state index in [1.807, 2.05) is 35.2 Å². The van der Waals surface area contributed by atoms with Crippen molar-refractivity contribution in [1.29, 1.82) is 0 Å². The molecule has 0 aliphatic carbocycles. The van der Waals surface area contributed by atoms with E-state index in [4.69, 9.17) is 4.74 Å². The van der Waals surface area contributed by atoms with Crippen molar-refractivity contribution in [3.8, 4) is 0 Å². The van der Waals surface area contributed by atoms with Crippen molar-refractivity contribution in [3.05, 3.63) is 35.9 Å². The molecule has 0 N–H and O–H groups in total. The van der Waals surface area contributed by atoms with Gasteiger partial charge >= 0.3 is 0 Å². The van der Waals surface area contributed by atoms with Gasteiger partial charge in [-0.3, -0.25) is 4.79 Å². The van der Waals surface area contributed by atoms with Gasteiger partial charge in [0.05, 0.1) is 18.2 Å². The lowest BCUT2D eigenvalue weighted by Crippen LogP contribution is -2.60. The molecule has 0 bridgehead atoms. The number of amides is 1. The van der Waals surface area contributed by atoms with E-state index in [0.717, 1.165) is 44.0 Å². The van der Waals surface area contributed by atoms with Crippen LogP contribution in [0.15, 0.2) is 30.3 Å². The van der Waals surface area contributed by atoms with Gasteiger partial charge in [0.15, 0.2) is 0 Å². The highest BCUT2D eigenvalue weighted by Crippen LogP contribution is 2.33. The number of carbonyl (C=O) groups excluding carboxylic acids is 1. The van der Waals surface area contributed by atoms with E-state index in [9.17, 15) is 4.79 Å². The predicted molar refractivity (Wildman–Crippen MR) is 108 cm³/mol. The molecule has 5 heteroatoms. The molecule has 26 heavy (non-hydrogen) atoms. The largest absolute Gasteiger partial charge is 0.368 e. The van der Waals surface area contributed by atoms with Gasteiger partial charge in [0.1, 0.15) is 0 Å². The summed E-state index contributed by atoms with van der Waals surface area (Å²) >= 11 is 0. The molecule has 1 spiro atoms. The van der Waals surface area contributed by atoms with Crippen molar-refractivity contribution in [3.63, 3.8) is 0 Å². The van der Waals surface area contributed by atoms with E-state index < -0.39 is 0 Å². The Morgan fingerprint density at radius 2 is 1.88 bits per heavy atom. The summed E-state index contributed by atoms with van der Waals surface area (Å²) in [6.45, 7) is 11.4. The van der Waals surface area contributed by atoms with Crippen LogP contribution in [0.25, 0.3) is 0 Å². The third-order valence-electron chi connectivity index (χ3n) is 5.51. The average Bonchev–Trinajstić information content (AvgIpc) is 2.61. The Hall–Kier alpha value is -1.10. The number of carbonyl (C=O) groups is 1. The minimum atomic E-state index is -0.156. The minimum absolute atomic E-state index is 0. The molecule has 1 unspecified atom stereocenters. The highest BCUT2D eigenvalue weighted by molar-refractivity contribution is 5.94. The maximum absolute atomic E-state index is 12.9. The van der Waals surface area contributed by atoms with E-state index in [-0.39, 0.29) is 30.0 Å². The fraction of sp³-hybridized carbons (Fsp3) is 0.667. The Bertz CT molecular complexity index is 571. The summed E-state index contributed by atoms with van der Waals surface area (Å²) in [4.78, 5) is 17.4. The topological polar surface area (TPSA) is 32.8 Å². The van der Waals surface area contributed by atoms with Gasteiger partial charge in [0, 0.05) is 25.2 Å². The molecule has 4 nitrogen and oxygen atoms in total. The smallest absolute Gasteiger partial charge is 0.254 e. The molecular weight excluding hydrogens is 348 g/mol. The fourth-order valence-corrected chi connectivity index (χ4v) is 4.04. The summed E-state index contributed by atoms with van der Waals surface area (Å²) in [5, 5.41) is 0. The lowest BCUT2D eigenvalue weighted by atomic mass is 9.88. The molecule has 2 heterocycles. The molecule has 2 fully saturated rings. The van der Waals surface area contributed by atoms with Gasteiger partial charge in [-0.2, -0.15) is 0 Å². The number of piperidine rings is 1. The highest BCUT2D eigenvalue weighted by atomic mass is 35.5. The lowest BCUT2D eigenvalue weighted by Gasteiger charge is -2.49. The SMILES string of the molecule is CC(C)CCN1CCC2(CC1)CN(C(=O)c1ccccc1)CC(C)O2.Cl. The number of ether oxygens (including phenoxy) is 1. The van der Waals surface area contributed by atoms with Crippen molar-refractivity contribution < 1.29 is 9.53 Å². The Kier molecular flexibility index (Phi) is 7.51. The number of hydrogen-bond acceptors (Lipinski definition) is 3.